The first-order valence-electron chi connectivity index (χ1n) is 6.88. The molecule has 2 fully saturated rings. The summed E-state index contributed by atoms with van der Waals surface area (Å²) in [5.41, 5.74) is -2.10. The van der Waals surface area contributed by atoms with Crippen LogP contribution in [0, 0.1) is 5.41 Å². The first-order chi connectivity index (χ1) is 9.94. The zero-order valence-electron chi connectivity index (χ0n) is 11.1. The molecule has 3 N–H and O–H groups in total. The van der Waals surface area contributed by atoms with Crippen LogP contribution in [0.2, 0.25) is 0 Å². The van der Waals surface area contributed by atoms with E-state index >= 15 is 0 Å². The van der Waals surface area contributed by atoms with Crippen molar-refractivity contribution in [1.29, 1.82) is 0 Å². The largest absolute Gasteiger partial charge is 0.508 e. The van der Waals surface area contributed by atoms with Crippen molar-refractivity contribution >= 4 is 11.8 Å². The number of aliphatic hydroxyl groups is 1. The molecular formula is C15H14O6. The Morgan fingerprint density at radius 1 is 1.19 bits per heavy atom. The third-order valence-corrected chi connectivity index (χ3v) is 5.44. The zero-order chi connectivity index (χ0) is 15.0. The molecule has 0 aromatic heterocycles. The van der Waals surface area contributed by atoms with Crippen molar-refractivity contribution in [3.05, 3.63) is 23.3 Å². The standard InChI is InChI=1S/C15H14O6/c16-7-1-2-8(17)12-11(7)9(18)5-14-4-3-10(19)15(12,14)6-21-13(14)20/h1-2,10,16-17,19H,3-6H2/t10-,14-,15+/m0/s1. The molecule has 3 atom stereocenters. The van der Waals surface area contributed by atoms with Gasteiger partial charge >= 0.3 is 5.97 Å². The molecule has 1 aliphatic heterocycles. The number of carbonyl (C=O) groups is 2. The van der Waals surface area contributed by atoms with Gasteiger partial charge in [0, 0.05) is 12.0 Å². The number of carbonyl (C=O) groups excluding carboxylic acids is 2. The number of fused-ring (bicyclic) bond motifs is 1. The summed E-state index contributed by atoms with van der Waals surface area (Å²) >= 11 is 0. The van der Waals surface area contributed by atoms with E-state index < -0.39 is 28.7 Å². The number of ketones is 1. The molecule has 110 valence electrons. The van der Waals surface area contributed by atoms with Gasteiger partial charge in [-0.25, -0.2) is 0 Å². The summed E-state index contributed by atoms with van der Waals surface area (Å²) in [5.74, 6) is -1.34. The topological polar surface area (TPSA) is 104 Å². The van der Waals surface area contributed by atoms with E-state index in [9.17, 15) is 24.9 Å². The van der Waals surface area contributed by atoms with Crippen LogP contribution in [0.4, 0.5) is 0 Å². The highest BCUT2D eigenvalue weighted by Crippen LogP contribution is 2.65. The Labute approximate surface area is 120 Å². The number of cyclic esters (lactones) is 1. The Bertz CT molecular complexity index is 696. The molecule has 0 radical (unpaired) electrons. The zero-order valence-corrected chi connectivity index (χ0v) is 11.1. The minimum Gasteiger partial charge on any atom is -0.508 e. The monoisotopic (exact) mass is 290 g/mol. The number of hydrogen-bond acceptors (Lipinski definition) is 6. The normalized spacial score (nSPS) is 36.9. The van der Waals surface area contributed by atoms with Crippen molar-refractivity contribution < 1.29 is 29.6 Å². The lowest BCUT2D eigenvalue weighted by molar-refractivity contribution is -0.146. The molecule has 0 unspecified atom stereocenters. The average molecular weight is 290 g/mol. The van der Waals surface area contributed by atoms with Crippen LogP contribution in [0.5, 0.6) is 11.5 Å². The maximum absolute atomic E-state index is 12.4. The van der Waals surface area contributed by atoms with Gasteiger partial charge in [0.2, 0.25) is 0 Å². The molecule has 1 aromatic carbocycles. The molecule has 6 heteroatoms. The summed E-state index contributed by atoms with van der Waals surface area (Å²) in [6.45, 7) is -0.0791. The van der Waals surface area contributed by atoms with Crippen molar-refractivity contribution in [2.75, 3.05) is 6.61 Å². The second-order valence-corrected chi connectivity index (χ2v) is 6.14. The molecular weight excluding hydrogens is 276 g/mol. The lowest BCUT2D eigenvalue weighted by atomic mass is 9.56. The van der Waals surface area contributed by atoms with Gasteiger partial charge in [0.25, 0.3) is 0 Å². The Morgan fingerprint density at radius 3 is 2.67 bits per heavy atom. The van der Waals surface area contributed by atoms with Gasteiger partial charge in [0.05, 0.1) is 22.5 Å². The van der Waals surface area contributed by atoms with Crippen LogP contribution in [-0.2, 0) is 14.9 Å². The summed E-state index contributed by atoms with van der Waals surface area (Å²) in [7, 11) is 0. The highest BCUT2D eigenvalue weighted by atomic mass is 16.5. The van der Waals surface area contributed by atoms with E-state index in [1.807, 2.05) is 0 Å². The van der Waals surface area contributed by atoms with E-state index in [0.29, 0.717) is 12.8 Å². The summed E-state index contributed by atoms with van der Waals surface area (Å²) in [6, 6.07) is 2.52. The third-order valence-electron chi connectivity index (χ3n) is 5.44. The first-order valence-corrected chi connectivity index (χ1v) is 6.88. The SMILES string of the molecule is O=C1C[C@]23CC[C@H](O)[C@]2(COC3=O)c2c(O)ccc(O)c21. The molecule has 1 saturated heterocycles. The van der Waals surface area contributed by atoms with Crippen molar-refractivity contribution in [1.82, 2.24) is 0 Å². The fraction of sp³-hybridized carbons (Fsp3) is 0.467. The number of esters is 1. The third kappa shape index (κ3) is 1.15. The highest BCUT2D eigenvalue weighted by molar-refractivity contribution is 6.07. The lowest BCUT2D eigenvalue weighted by Crippen LogP contribution is -2.53. The van der Waals surface area contributed by atoms with Crippen LogP contribution in [0.3, 0.4) is 0 Å². The summed E-state index contributed by atoms with van der Waals surface area (Å²) in [6.07, 6.45) is -0.305. The Morgan fingerprint density at radius 2 is 1.90 bits per heavy atom. The molecule has 4 rings (SSSR count). The predicted molar refractivity (Wildman–Crippen MR) is 69.0 cm³/mol. The van der Waals surface area contributed by atoms with E-state index in [1.54, 1.807) is 0 Å². The fourth-order valence-corrected chi connectivity index (χ4v) is 4.48. The van der Waals surface area contributed by atoms with Gasteiger partial charge in [0.1, 0.15) is 18.1 Å². The fourth-order valence-electron chi connectivity index (χ4n) is 4.48. The Kier molecular flexibility index (Phi) is 2.15. The Hall–Kier alpha value is -2.08. The van der Waals surface area contributed by atoms with Crippen LogP contribution in [-0.4, -0.2) is 39.8 Å². The van der Waals surface area contributed by atoms with E-state index in [2.05, 4.69) is 0 Å². The van der Waals surface area contributed by atoms with Gasteiger partial charge in [-0.1, -0.05) is 0 Å². The lowest BCUT2D eigenvalue weighted by Gasteiger charge is -2.42. The molecule has 0 spiro atoms. The van der Waals surface area contributed by atoms with E-state index in [1.165, 1.54) is 12.1 Å². The van der Waals surface area contributed by atoms with E-state index in [4.69, 9.17) is 4.74 Å². The van der Waals surface area contributed by atoms with Gasteiger partial charge in [-0.3, -0.25) is 9.59 Å². The summed E-state index contributed by atoms with van der Waals surface area (Å²) in [4.78, 5) is 24.7. The molecule has 3 aliphatic rings. The van der Waals surface area contributed by atoms with E-state index in [0.717, 1.165) is 0 Å². The maximum Gasteiger partial charge on any atom is 0.313 e. The molecule has 21 heavy (non-hydrogen) atoms. The quantitative estimate of drug-likeness (QED) is 0.478. The molecule has 0 amide bonds. The van der Waals surface area contributed by atoms with Crippen LogP contribution >= 0.6 is 0 Å². The van der Waals surface area contributed by atoms with E-state index in [-0.39, 0.29) is 35.7 Å². The van der Waals surface area contributed by atoms with Gasteiger partial charge < -0.3 is 20.1 Å². The second kappa shape index (κ2) is 3.57. The van der Waals surface area contributed by atoms with Gasteiger partial charge in [-0.05, 0) is 25.0 Å². The average Bonchev–Trinajstić information content (AvgIpc) is 2.90. The van der Waals surface area contributed by atoms with Crippen LogP contribution in [0.15, 0.2) is 12.1 Å². The number of aromatic hydroxyl groups is 2. The minimum atomic E-state index is -1.14. The number of rotatable bonds is 0. The first kappa shape index (κ1) is 12.6. The number of hydrogen-bond donors (Lipinski definition) is 3. The molecule has 6 nitrogen and oxygen atoms in total. The highest BCUT2D eigenvalue weighted by Gasteiger charge is 2.73. The number of aliphatic hydroxyl groups excluding tert-OH is 1. The summed E-state index contributed by atoms with van der Waals surface area (Å²) < 4.78 is 5.17. The number of phenols is 2. The van der Waals surface area contributed by atoms with Crippen molar-refractivity contribution in [3.8, 4) is 11.5 Å². The van der Waals surface area contributed by atoms with Crippen LogP contribution in [0.1, 0.15) is 35.2 Å². The smallest absolute Gasteiger partial charge is 0.313 e. The minimum absolute atomic E-state index is 0.00451. The molecule has 1 aromatic rings. The number of ether oxygens (including phenoxy) is 1. The van der Waals surface area contributed by atoms with Crippen molar-refractivity contribution in [2.45, 2.75) is 30.8 Å². The van der Waals surface area contributed by atoms with Gasteiger partial charge in [-0.2, -0.15) is 0 Å². The number of Topliss-reactive ketones (excluding diaryl/α,β-unsaturated/α-hetero) is 1. The Balaban J connectivity index is 2.13. The van der Waals surface area contributed by atoms with Gasteiger partial charge in [-0.15, -0.1) is 0 Å². The van der Waals surface area contributed by atoms with Crippen molar-refractivity contribution in [3.63, 3.8) is 0 Å². The maximum atomic E-state index is 12.4. The second-order valence-electron chi connectivity index (χ2n) is 6.14. The van der Waals surface area contributed by atoms with Crippen molar-refractivity contribution in [2.24, 2.45) is 5.41 Å². The summed E-state index contributed by atoms with van der Waals surface area (Å²) in [5, 5.41) is 30.8. The predicted octanol–water partition coefficient (Wildman–Crippen LogP) is 0.620. The molecule has 0 bridgehead atoms. The van der Waals surface area contributed by atoms with Gasteiger partial charge in [0.15, 0.2) is 5.78 Å². The van der Waals surface area contributed by atoms with Crippen LogP contribution < -0.4 is 0 Å². The molecule has 1 heterocycles. The van der Waals surface area contributed by atoms with Crippen LogP contribution in [0.25, 0.3) is 0 Å². The molecule has 2 aliphatic carbocycles. The molecule has 1 saturated carbocycles. The number of benzene rings is 1. The number of phenolic OH excluding ortho intramolecular Hbond substituents is 2.